The quantitative estimate of drug-likeness (QED) is 0.797. The van der Waals surface area contributed by atoms with Crippen molar-refractivity contribution in [3.63, 3.8) is 0 Å². The van der Waals surface area contributed by atoms with Crippen LogP contribution in [0.1, 0.15) is 19.4 Å². The third-order valence-electron chi connectivity index (χ3n) is 2.38. The molecule has 90 valence electrons. The summed E-state index contributed by atoms with van der Waals surface area (Å²) in [7, 11) is 0. The summed E-state index contributed by atoms with van der Waals surface area (Å²) < 4.78 is 13.1. The largest absolute Gasteiger partial charge is 0.311 e. The van der Waals surface area contributed by atoms with Gasteiger partial charge in [0.2, 0.25) is 0 Å². The third kappa shape index (κ3) is 4.28. The maximum atomic E-state index is 13.1. The lowest BCUT2D eigenvalue weighted by molar-refractivity contribution is 0.544. The first-order valence-corrected chi connectivity index (χ1v) is 6.11. The van der Waals surface area contributed by atoms with Gasteiger partial charge in [0.15, 0.2) is 0 Å². The van der Waals surface area contributed by atoms with Crippen molar-refractivity contribution in [1.29, 1.82) is 0 Å². The zero-order chi connectivity index (χ0) is 12.1. The molecule has 1 N–H and O–H groups in total. The van der Waals surface area contributed by atoms with E-state index in [2.05, 4.69) is 19.2 Å². The van der Waals surface area contributed by atoms with Gasteiger partial charge in [-0.25, -0.2) is 4.39 Å². The van der Waals surface area contributed by atoms with E-state index < -0.39 is 0 Å². The highest BCUT2D eigenvalue weighted by Crippen LogP contribution is 2.15. The molecule has 0 amide bonds. The van der Waals surface area contributed by atoms with E-state index in [1.807, 2.05) is 0 Å². The summed E-state index contributed by atoms with van der Waals surface area (Å²) in [6.45, 7) is 5.45. The summed E-state index contributed by atoms with van der Waals surface area (Å²) in [5.74, 6) is 0.0448. The molecule has 0 heterocycles. The van der Waals surface area contributed by atoms with Gasteiger partial charge in [-0.15, -0.1) is 11.6 Å². The van der Waals surface area contributed by atoms with Crippen LogP contribution >= 0.6 is 23.2 Å². The van der Waals surface area contributed by atoms with Crippen LogP contribution in [0.25, 0.3) is 0 Å². The molecule has 0 radical (unpaired) electrons. The molecule has 1 nitrogen and oxygen atoms in total. The van der Waals surface area contributed by atoms with Gasteiger partial charge in [-0.1, -0.05) is 31.5 Å². The van der Waals surface area contributed by atoms with Crippen LogP contribution in [0.15, 0.2) is 18.2 Å². The monoisotopic (exact) mass is 263 g/mol. The fourth-order valence-electron chi connectivity index (χ4n) is 1.24. The topological polar surface area (TPSA) is 12.0 Å². The number of rotatable bonds is 5. The molecule has 1 aromatic rings. The van der Waals surface area contributed by atoms with Crippen molar-refractivity contribution in [3.8, 4) is 0 Å². The molecule has 0 aliphatic heterocycles. The van der Waals surface area contributed by atoms with Gasteiger partial charge >= 0.3 is 0 Å². The highest BCUT2D eigenvalue weighted by Gasteiger charge is 2.08. The Morgan fingerprint density at radius 2 is 2.06 bits per heavy atom. The van der Waals surface area contributed by atoms with Crippen molar-refractivity contribution in [2.75, 3.05) is 6.54 Å². The molecular weight excluding hydrogens is 248 g/mol. The first-order chi connectivity index (χ1) is 7.50. The molecule has 1 atom stereocenters. The third-order valence-corrected chi connectivity index (χ3v) is 3.34. The molecule has 0 aliphatic rings. The lowest BCUT2D eigenvalue weighted by Crippen LogP contribution is -2.26. The minimum atomic E-state index is -0.382. The molecule has 4 heteroatoms. The van der Waals surface area contributed by atoms with Gasteiger partial charge in [0, 0.05) is 18.5 Å². The second-order valence-corrected chi connectivity index (χ2v) is 5.11. The van der Waals surface area contributed by atoms with Gasteiger partial charge in [-0.2, -0.15) is 0 Å². The van der Waals surface area contributed by atoms with Gasteiger partial charge in [-0.05, 0) is 23.6 Å². The highest BCUT2D eigenvalue weighted by atomic mass is 35.5. The zero-order valence-electron chi connectivity index (χ0n) is 9.43. The molecule has 0 saturated carbocycles. The van der Waals surface area contributed by atoms with E-state index in [0.29, 0.717) is 19.0 Å². The fourth-order valence-corrected chi connectivity index (χ4v) is 1.47. The van der Waals surface area contributed by atoms with Crippen molar-refractivity contribution >= 4 is 23.2 Å². The van der Waals surface area contributed by atoms with E-state index in [9.17, 15) is 4.39 Å². The van der Waals surface area contributed by atoms with Crippen molar-refractivity contribution in [3.05, 3.63) is 34.6 Å². The van der Waals surface area contributed by atoms with Crippen LogP contribution in [0.3, 0.4) is 0 Å². The second-order valence-electron chi connectivity index (χ2n) is 4.14. The number of alkyl halides is 1. The fraction of sp³-hybridized carbons (Fsp3) is 0.500. The van der Waals surface area contributed by atoms with Crippen LogP contribution in [0.2, 0.25) is 5.02 Å². The second kappa shape index (κ2) is 6.43. The molecule has 1 aromatic carbocycles. The molecule has 0 spiro atoms. The van der Waals surface area contributed by atoms with E-state index >= 15 is 0 Å². The van der Waals surface area contributed by atoms with E-state index in [1.54, 1.807) is 12.1 Å². The van der Waals surface area contributed by atoms with Crippen molar-refractivity contribution in [1.82, 2.24) is 5.32 Å². The SMILES string of the molecule is CC(C)C(Cl)CNCc1ccc(Cl)c(F)c1. The maximum absolute atomic E-state index is 13.1. The molecule has 1 rings (SSSR count). The van der Waals surface area contributed by atoms with Crippen LogP contribution < -0.4 is 5.32 Å². The average molecular weight is 264 g/mol. The van der Waals surface area contributed by atoms with E-state index in [1.165, 1.54) is 6.07 Å². The summed E-state index contributed by atoms with van der Waals surface area (Å²) in [4.78, 5) is 0. The predicted molar refractivity (Wildman–Crippen MR) is 67.6 cm³/mol. The molecule has 0 saturated heterocycles. The van der Waals surface area contributed by atoms with E-state index in [-0.39, 0.29) is 16.2 Å². The van der Waals surface area contributed by atoms with E-state index in [4.69, 9.17) is 23.2 Å². The van der Waals surface area contributed by atoms with Crippen LogP contribution in [-0.2, 0) is 6.54 Å². The lowest BCUT2D eigenvalue weighted by atomic mass is 10.1. The molecule has 16 heavy (non-hydrogen) atoms. The summed E-state index contributed by atoms with van der Waals surface area (Å²) in [5, 5.41) is 3.44. The number of benzene rings is 1. The Balaban J connectivity index is 2.40. The molecule has 0 bridgehead atoms. The van der Waals surface area contributed by atoms with Crippen LogP contribution in [-0.4, -0.2) is 11.9 Å². The Kier molecular flexibility index (Phi) is 5.53. The van der Waals surface area contributed by atoms with E-state index in [0.717, 1.165) is 5.56 Å². The maximum Gasteiger partial charge on any atom is 0.142 e. The summed E-state index contributed by atoms with van der Waals surface area (Å²) in [6.07, 6.45) is 0. The summed E-state index contributed by atoms with van der Waals surface area (Å²) in [6, 6.07) is 4.81. The van der Waals surface area contributed by atoms with Crippen LogP contribution in [0.5, 0.6) is 0 Å². The minimum absolute atomic E-state index is 0.0946. The Morgan fingerprint density at radius 1 is 1.38 bits per heavy atom. The molecule has 0 aromatic heterocycles. The Morgan fingerprint density at radius 3 is 2.62 bits per heavy atom. The van der Waals surface area contributed by atoms with Crippen molar-refractivity contribution < 1.29 is 4.39 Å². The standard InChI is InChI=1S/C12H16Cl2FN/c1-8(2)11(14)7-16-6-9-3-4-10(13)12(15)5-9/h3-5,8,11,16H,6-7H2,1-2H3. The van der Waals surface area contributed by atoms with Crippen LogP contribution in [0.4, 0.5) is 4.39 Å². The summed E-state index contributed by atoms with van der Waals surface area (Å²) >= 11 is 11.7. The molecule has 1 unspecified atom stereocenters. The normalized spacial score (nSPS) is 13.1. The number of nitrogens with one attached hydrogen (secondary N) is 1. The van der Waals surface area contributed by atoms with Crippen molar-refractivity contribution in [2.45, 2.75) is 25.8 Å². The van der Waals surface area contributed by atoms with Crippen molar-refractivity contribution in [2.24, 2.45) is 5.92 Å². The first-order valence-electron chi connectivity index (χ1n) is 5.29. The number of hydrogen-bond donors (Lipinski definition) is 1. The predicted octanol–water partition coefficient (Wildman–Crippen LogP) is 3.83. The average Bonchev–Trinajstić information content (AvgIpc) is 2.23. The summed E-state index contributed by atoms with van der Waals surface area (Å²) in [5.41, 5.74) is 0.870. The highest BCUT2D eigenvalue weighted by molar-refractivity contribution is 6.30. The minimum Gasteiger partial charge on any atom is -0.311 e. The molecule has 0 fully saturated rings. The molecular formula is C12H16Cl2FN. The van der Waals surface area contributed by atoms with Gasteiger partial charge < -0.3 is 5.32 Å². The Bertz CT molecular complexity index is 342. The number of halogens is 3. The first kappa shape index (κ1) is 13.8. The van der Waals surface area contributed by atoms with Gasteiger partial charge in [0.25, 0.3) is 0 Å². The smallest absolute Gasteiger partial charge is 0.142 e. The Labute approximate surface area is 106 Å². The molecule has 0 aliphatic carbocycles. The van der Waals surface area contributed by atoms with Crippen LogP contribution in [0, 0.1) is 11.7 Å². The number of hydrogen-bond acceptors (Lipinski definition) is 1. The van der Waals surface area contributed by atoms with Gasteiger partial charge in [0.05, 0.1) is 5.02 Å². The Hall–Kier alpha value is -0.310. The van der Waals surface area contributed by atoms with Gasteiger partial charge in [0.1, 0.15) is 5.82 Å². The zero-order valence-corrected chi connectivity index (χ0v) is 10.9. The lowest BCUT2D eigenvalue weighted by Gasteiger charge is -2.14. The van der Waals surface area contributed by atoms with Gasteiger partial charge in [-0.3, -0.25) is 0 Å².